The van der Waals surface area contributed by atoms with E-state index in [9.17, 15) is 4.79 Å². The topological polar surface area (TPSA) is 32.9 Å². The number of aromatic amines is 1. The monoisotopic (exact) mass is 259 g/mol. The average Bonchev–Trinajstić information content (AvgIpc) is 2.47. The first-order valence-electron chi connectivity index (χ1n) is 6.69. The van der Waals surface area contributed by atoms with E-state index in [2.05, 4.69) is 30.1 Å². The number of aromatic nitrogens is 1. The Labute approximate surface area is 115 Å². The zero-order chi connectivity index (χ0) is 13.7. The maximum atomic E-state index is 12.8. The number of para-hydroxylation sites is 1. The molecule has 0 spiro atoms. The second kappa shape index (κ2) is 3.94. The second-order valence-corrected chi connectivity index (χ2v) is 5.16. The quantitative estimate of drug-likeness (QED) is 0.373. The van der Waals surface area contributed by atoms with E-state index in [4.69, 9.17) is 0 Å². The predicted octanol–water partition coefficient (Wildman–Crippen LogP) is 4.14. The first-order chi connectivity index (χ1) is 9.75. The lowest BCUT2D eigenvalue weighted by Gasteiger charge is -2.08. The minimum absolute atomic E-state index is 0.106. The third-order valence-corrected chi connectivity index (χ3v) is 3.92. The summed E-state index contributed by atoms with van der Waals surface area (Å²) in [6, 6.07) is 17.9. The maximum absolute atomic E-state index is 12.8. The van der Waals surface area contributed by atoms with Gasteiger partial charge in [-0.25, -0.2) is 0 Å². The van der Waals surface area contributed by atoms with Crippen LogP contribution in [0.5, 0.6) is 0 Å². The molecule has 0 saturated heterocycles. The number of hydrogen-bond acceptors (Lipinski definition) is 1. The summed E-state index contributed by atoms with van der Waals surface area (Å²) >= 11 is 0. The maximum Gasteiger partial charge on any atom is 0.197 e. The number of H-pyrrole nitrogens is 1. The van der Waals surface area contributed by atoms with Crippen molar-refractivity contribution < 1.29 is 0 Å². The van der Waals surface area contributed by atoms with Gasteiger partial charge in [0.25, 0.3) is 0 Å². The first-order valence-corrected chi connectivity index (χ1v) is 6.69. The number of pyridine rings is 1. The normalized spacial score (nSPS) is 11.4. The molecule has 1 heterocycles. The van der Waals surface area contributed by atoms with Crippen LogP contribution in [0.2, 0.25) is 0 Å². The molecule has 2 heteroatoms. The largest absolute Gasteiger partial charge is 0.354 e. The van der Waals surface area contributed by atoms with Crippen LogP contribution in [-0.2, 0) is 0 Å². The fraction of sp³-hybridized carbons (Fsp3) is 0.0556. The van der Waals surface area contributed by atoms with Crippen LogP contribution in [0.15, 0.2) is 59.4 Å². The van der Waals surface area contributed by atoms with E-state index in [1.54, 1.807) is 0 Å². The minimum Gasteiger partial charge on any atom is -0.354 e. The number of nitrogens with one attached hydrogen (secondary N) is 1. The van der Waals surface area contributed by atoms with Crippen LogP contribution in [-0.4, -0.2) is 4.98 Å². The Kier molecular flexibility index (Phi) is 2.21. The van der Waals surface area contributed by atoms with E-state index in [0.29, 0.717) is 0 Å². The molecule has 4 aromatic rings. The summed E-state index contributed by atoms with van der Waals surface area (Å²) in [6.45, 7) is 2.05. The second-order valence-electron chi connectivity index (χ2n) is 5.16. The van der Waals surface area contributed by atoms with E-state index in [1.807, 2.05) is 36.4 Å². The molecular weight excluding hydrogens is 246 g/mol. The van der Waals surface area contributed by atoms with Crippen LogP contribution in [0, 0.1) is 6.92 Å². The Morgan fingerprint density at radius 3 is 2.55 bits per heavy atom. The Bertz CT molecular complexity index is 1030. The van der Waals surface area contributed by atoms with Crippen molar-refractivity contribution in [2.75, 3.05) is 0 Å². The van der Waals surface area contributed by atoms with E-state index >= 15 is 0 Å². The molecule has 96 valence electrons. The van der Waals surface area contributed by atoms with Crippen LogP contribution in [0.1, 0.15) is 5.56 Å². The van der Waals surface area contributed by atoms with Crippen molar-refractivity contribution in [3.8, 4) is 0 Å². The number of rotatable bonds is 0. The van der Waals surface area contributed by atoms with E-state index < -0.39 is 0 Å². The van der Waals surface area contributed by atoms with Crippen LogP contribution < -0.4 is 5.43 Å². The van der Waals surface area contributed by atoms with E-state index in [-0.39, 0.29) is 5.43 Å². The van der Waals surface area contributed by atoms with Crippen LogP contribution in [0.3, 0.4) is 0 Å². The highest BCUT2D eigenvalue weighted by Gasteiger charge is 2.09. The number of aryl methyl sites for hydroxylation is 1. The van der Waals surface area contributed by atoms with E-state index in [0.717, 1.165) is 38.1 Å². The van der Waals surface area contributed by atoms with Gasteiger partial charge in [0.2, 0.25) is 0 Å². The first kappa shape index (κ1) is 11.2. The molecule has 2 nitrogen and oxygen atoms in total. The number of fused-ring (bicyclic) bond motifs is 4. The summed E-state index contributed by atoms with van der Waals surface area (Å²) in [5.41, 5.74) is 3.02. The molecule has 0 fully saturated rings. The van der Waals surface area contributed by atoms with Gasteiger partial charge in [-0.1, -0.05) is 36.4 Å². The fourth-order valence-electron chi connectivity index (χ4n) is 2.97. The molecular formula is C18H13NO. The van der Waals surface area contributed by atoms with Gasteiger partial charge in [-0.3, -0.25) is 4.79 Å². The summed E-state index contributed by atoms with van der Waals surface area (Å²) in [7, 11) is 0. The summed E-state index contributed by atoms with van der Waals surface area (Å²) < 4.78 is 0. The molecule has 0 aliphatic carbocycles. The summed E-state index contributed by atoms with van der Waals surface area (Å²) in [6.07, 6.45) is 0. The summed E-state index contributed by atoms with van der Waals surface area (Å²) in [5, 5.41) is 3.70. The van der Waals surface area contributed by atoms with Gasteiger partial charge in [-0.2, -0.15) is 0 Å². The molecule has 0 bridgehead atoms. The number of hydrogen-bond donors (Lipinski definition) is 1. The molecule has 3 aromatic carbocycles. The van der Waals surface area contributed by atoms with Gasteiger partial charge in [-0.05, 0) is 41.5 Å². The Morgan fingerprint density at radius 1 is 0.800 bits per heavy atom. The zero-order valence-electron chi connectivity index (χ0n) is 11.1. The lowest BCUT2D eigenvalue weighted by atomic mass is 9.99. The van der Waals surface area contributed by atoms with Crippen LogP contribution >= 0.6 is 0 Å². The summed E-state index contributed by atoms with van der Waals surface area (Å²) in [4.78, 5) is 16.2. The smallest absolute Gasteiger partial charge is 0.197 e. The Balaban J connectivity index is 2.39. The van der Waals surface area contributed by atoms with Gasteiger partial charge in [-0.15, -0.1) is 0 Å². The summed E-state index contributed by atoms with van der Waals surface area (Å²) in [5.74, 6) is 0. The molecule has 1 N–H and O–H groups in total. The van der Waals surface area contributed by atoms with Gasteiger partial charge in [0, 0.05) is 10.9 Å². The molecule has 0 aliphatic heterocycles. The third kappa shape index (κ3) is 1.42. The molecule has 1 aromatic heterocycles. The highest BCUT2D eigenvalue weighted by molar-refractivity contribution is 6.10. The number of benzene rings is 3. The van der Waals surface area contributed by atoms with Gasteiger partial charge in [0.05, 0.1) is 10.9 Å². The van der Waals surface area contributed by atoms with Crippen molar-refractivity contribution >= 4 is 32.6 Å². The lowest BCUT2D eigenvalue weighted by Crippen LogP contribution is -2.05. The Morgan fingerprint density at radius 2 is 1.65 bits per heavy atom. The standard InChI is InChI=1S/C18H13NO/c1-11-5-4-6-12-9-10-15-17(16(11)12)18(20)13-7-2-3-8-14(13)19-15/h2-10H,1H3,(H,19,20). The van der Waals surface area contributed by atoms with E-state index in [1.165, 1.54) is 0 Å². The van der Waals surface area contributed by atoms with Crippen molar-refractivity contribution in [3.63, 3.8) is 0 Å². The molecule has 0 unspecified atom stereocenters. The predicted molar refractivity (Wildman–Crippen MR) is 84.3 cm³/mol. The highest BCUT2D eigenvalue weighted by Crippen LogP contribution is 2.26. The molecule has 0 saturated carbocycles. The molecule has 4 rings (SSSR count). The van der Waals surface area contributed by atoms with Gasteiger partial charge in [0.1, 0.15) is 0 Å². The van der Waals surface area contributed by atoms with Gasteiger partial charge < -0.3 is 4.98 Å². The zero-order valence-corrected chi connectivity index (χ0v) is 11.1. The third-order valence-electron chi connectivity index (χ3n) is 3.92. The van der Waals surface area contributed by atoms with Crippen molar-refractivity contribution in [2.45, 2.75) is 6.92 Å². The average molecular weight is 259 g/mol. The van der Waals surface area contributed by atoms with Crippen molar-refractivity contribution in [1.29, 1.82) is 0 Å². The lowest BCUT2D eigenvalue weighted by molar-refractivity contribution is 1.48. The molecule has 20 heavy (non-hydrogen) atoms. The molecule has 0 atom stereocenters. The Hall–Kier alpha value is -2.61. The van der Waals surface area contributed by atoms with Crippen LogP contribution in [0.25, 0.3) is 32.6 Å². The SMILES string of the molecule is Cc1cccc2ccc3[nH]c4ccccc4c(=O)c3c12. The molecule has 0 radical (unpaired) electrons. The van der Waals surface area contributed by atoms with Crippen molar-refractivity contribution in [2.24, 2.45) is 0 Å². The van der Waals surface area contributed by atoms with Gasteiger partial charge >= 0.3 is 0 Å². The van der Waals surface area contributed by atoms with Crippen molar-refractivity contribution in [1.82, 2.24) is 4.98 Å². The highest BCUT2D eigenvalue weighted by atomic mass is 16.1. The van der Waals surface area contributed by atoms with Crippen LogP contribution in [0.4, 0.5) is 0 Å². The van der Waals surface area contributed by atoms with Gasteiger partial charge in [0.15, 0.2) is 5.43 Å². The molecule has 0 aliphatic rings. The minimum atomic E-state index is 0.106. The molecule has 0 amide bonds. The van der Waals surface area contributed by atoms with Crippen molar-refractivity contribution in [3.05, 3.63) is 70.4 Å². The fourth-order valence-corrected chi connectivity index (χ4v) is 2.97.